The first-order valence-corrected chi connectivity index (χ1v) is 8.85. The van der Waals surface area contributed by atoms with Crippen LogP contribution < -0.4 is 14.8 Å². The molecule has 150 valence electrons. The summed E-state index contributed by atoms with van der Waals surface area (Å²) in [6.07, 6.45) is -0.812. The quantitative estimate of drug-likeness (QED) is 0.718. The number of carbonyl (C=O) groups is 2. The number of carboxylic acids is 1. The van der Waals surface area contributed by atoms with Crippen LogP contribution in [0.4, 0.5) is 4.79 Å². The van der Waals surface area contributed by atoms with E-state index in [1.807, 2.05) is 30.3 Å². The van der Waals surface area contributed by atoms with Gasteiger partial charge in [0, 0.05) is 0 Å². The van der Waals surface area contributed by atoms with E-state index in [4.69, 9.17) is 14.2 Å². The summed E-state index contributed by atoms with van der Waals surface area (Å²) in [5.41, 5.74) is 0.337. The third kappa shape index (κ3) is 7.57. The average Bonchev–Trinajstić information content (AvgIpc) is 2.63. The number of aliphatic carboxylic acids is 1. The minimum Gasteiger partial charge on any atom is -0.491 e. The van der Waals surface area contributed by atoms with Crippen LogP contribution in [0, 0.1) is 0 Å². The number of rotatable bonds is 8. The van der Waals surface area contributed by atoms with E-state index >= 15 is 0 Å². The SMILES string of the molecule is CC(C)(C)OC(=O)N[C@@H](COc1ccc(OCc2ccccc2)cc1)C(=O)O. The minimum atomic E-state index is -1.23. The van der Waals surface area contributed by atoms with Gasteiger partial charge in [0.1, 0.15) is 30.3 Å². The van der Waals surface area contributed by atoms with E-state index in [9.17, 15) is 14.7 Å². The predicted molar refractivity (Wildman–Crippen MR) is 104 cm³/mol. The van der Waals surface area contributed by atoms with Gasteiger partial charge in [0.05, 0.1) is 0 Å². The summed E-state index contributed by atoms with van der Waals surface area (Å²) in [7, 11) is 0. The molecule has 2 aromatic rings. The van der Waals surface area contributed by atoms with Gasteiger partial charge in [0.25, 0.3) is 0 Å². The number of carbonyl (C=O) groups excluding carboxylic acids is 1. The highest BCUT2D eigenvalue weighted by atomic mass is 16.6. The molecule has 0 aliphatic heterocycles. The van der Waals surface area contributed by atoms with Gasteiger partial charge in [-0.15, -0.1) is 0 Å². The molecule has 0 spiro atoms. The van der Waals surface area contributed by atoms with E-state index in [2.05, 4.69) is 5.32 Å². The van der Waals surface area contributed by atoms with E-state index < -0.39 is 23.7 Å². The van der Waals surface area contributed by atoms with Crippen LogP contribution in [0.5, 0.6) is 11.5 Å². The fraction of sp³-hybridized carbons (Fsp3) is 0.333. The molecule has 2 rings (SSSR count). The molecule has 0 aliphatic rings. The van der Waals surface area contributed by atoms with E-state index in [-0.39, 0.29) is 6.61 Å². The highest BCUT2D eigenvalue weighted by molar-refractivity contribution is 5.80. The lowest BCUT2D eigenvalue weighted by molar-refractivity contribution is -0.140. The number of alkyl carbamates (subject to hydrolysis) is 1. The molecule has 1 amide bonds. The summed E-state index contributed by atoms with van der Waals surface area (Å²) in [5.74, 6) is -0.0872. The Morgan fingerprint density at radius 1 is 0.964 bits per heavy atom. The smallest absolute Gasteiger partial charge is 0.408 e. The van der Waals surface area contributed by atoms with Crippen molar-refractivity contribution in [3.63, 3.8) is 0 Å². The Morgan fingerprint density at radius 3 is 2.07 bits per heavy atom. The number of nitrogens with one attached hydrogen (secondary N) is 1. The first kappa shape index (κ1) is 21.1. The molecule has 2 aromatic carbocycles. The first-order chi connectivity index (χ1) is 13.2. The summed E-state index contributed by atoms with van der Waals surface area (Å²) in [6.45, 7) is 5.29. The summed E-state index contributed by atoms with van der Waals surface area (Å²) in [6, 6.07) is 15.4. The largest absolute Gasteiger partial charge is 0.491 e. The molecule has 0 fully saturated rings. The third-order valence-electron chi connectivity index (χ3n) is 3.48. The lowest BCUT2D eigenvalue weighted by Crippen LogP contribution is -2.46. The molecule has 0 unspecified atom stereocenters. The maximum atomic E-state index is 11.7. The number of amides is 1. The number of hydrogen-bond donors (Lipinski definition) is 2. The van der Waals surface area contributed by atoms with Crippen LogP contribution in [-0.4, -0.2) is 35.4 Å². The van der Waals surface area contributed by atoms with Gasteiger partial charge >= 0.3 is 12.1 Å². The van der Waals surface area contributed by atoms with E-state index in [1.165, 1.54) is 0 Å². The van der Waals surface area contributed by atoms with Crippen molar-refractivity contribution in [2.75, 3.05) is 6.61 Å². The van der Waals surface area contributed by atoms with Crippen molar-refractivity contribution in [3.05, 3.63) is 60.2 Å². The van der Waals surface area contributed by atoms with Gasteiger partial charge < -0.3 is 24.6 Å². The van der Waals surface area contributed by atoms with Crippen molar-refractivity contribution in [3.8, 4) is 11.5 Å². The highest BCUT2D eigenvalue weighted by Crippen LogP contribution is 2.19. The summed E-state index contributed by atoms with van der Waals surface area (Å²) >= 11 is 0. The lowest BCUT2D eigenvalue weighted by Gasteiger charge is -2.22. The fourth-order valence-electron chi connectivity index (χ4n) is 2.18. The molecule has 0 radical (unpaired) electrons. The second-order valence-corrected chi connectivity index (χ2v) is 7.09. The monoisotopic (exact) mass is 387 g/mol. The first-order valence-electron chi connectivity index (χ1n) is 8.85. The van der Waals surface area contributed by atoms with Gasteiger partial charge in [-0.05, 0) is 50.6 Å². The van der Waals surface area contributed by atoms with Crippen molar-refractivity contribution >= 4 is 12.1 Å². The van der Waals surface area contributed by atoms with Crippen LogP contribution in [0.15, 0.2) is 54.6 Å². The molecule has 7 nitrogen and oxygen atoms in total. The van der Waals surface area contributed by atoms with Gasteiger partial charge in [-0.2, -0.15) is 0 Å². The highest BCUT2D eigenvalue weighted by Gasteiger charge is 2.24. The number of hydrogen-bond acceptors (Lipinski definition) is 5. The zero-order valence-corrected chi connectivity index (χ0v) is 16.2. The summed E-state index contributed by atoms with van der Waals surface area (Å²) < 4.78 is 16.2. The normalized spacial score (nSPS) is 12.0. The van der Waals surface area contributed by atoms with Gasteiger partial charge in [0.2, 0.25) is 0 Å². The zero-order chi connectivity index (χ0) is 20.6. The Kier molecular flexibility index (Phi) is 7.26. The molecular weight excluding hydrogens is 362 g/mol. The molecule has 2 N–H and O–H groups in total. The van der Waals surface area contributed by atoms with E-state index in [0.717, 1.165) is 5.56 Å². The van der Waals surface area contributed by atoms with Crippen LogP contribution in [0.2, 0.25) is 0 Å². The molecule has 0 aliphatic carbocycles. The van der Waals surface area contributed by atoms with Crippen molar-refractivity contribution in [2.24, 2.45) is 0 Å². The Bertz CT molecular complexity index is 768. The molecule has 0 saturated heterocycles. The number of carboxylic acid groups (broad SMARTS) is 1. The van der Waals surface area contributed by atoms with E-state index in [1.54, 1.807) is 45.0 Å². The number of ether oxygens (including phenoxy) is 3. The maximum absolute atomic E-state index is 11.7. The molecule has 0 saturated carbocycles. The molecule has 0 heterocycles. The van der Waals surface area contributed by atoms with Crippen LogP contribution in [0.3, 0.4) is 0 Å². The third-order valence-corrected chi connectivity index (χ3v) is 3.48. The Morgan fingerprint density at radius 2 is 1.54 bits per heavy atom. The van der Waals surface area contributed by atoms with Crippen LogP contribution in [-0.2, 0) is 16.1 Å². The van der Waals surface area contributed by atoms with Crippen molar-refractivity contribution in [2.45, 2.75) is 39.0 Å². The molecule has 1 atom stereocenters. The Labute approximate surface area is 164 Å². The lowest BCUT2D eigenvalue weighted by atomic mass is 10.2. The second-order valence-electron chi connectivity index (χ2n) is 7.09. The van der Waals surface area contributed by atoms with Gasteiger partial charge in [0.15, 0.2) is 6.04 Å². The van der Waals surface area contributed by atoms with Gasteiger partial charge in [-0.3, -0.25) is 0 Å². The standard InChI is InChI=1S/C21H25NO6/c1-21(2,3)28-20(25)22-18(19(23)24)14-27-17-11-9-16(10-12-17)26-13-15-7-5-4-6-8-15/h4-12,18H,13-14H2,1-3H3,(H,22,25)(H,23,24)/t18-/m0/s1. The molecular formula is C21H25NO6. The molecule has 0 bridgehead atoms. The van der Waals surface area contributed by atoms with Gasteiger partial charge in [-0.1, -0.05) is 30.3 Å². The summed E-state index contributed by atoms with van der Waals surface area (Å²) in [5, 5.41) is 11.5. The Hall–Kier alpha value is -3.22. The van der Waals surface area contributed by atoms with Crippen molar-refractivity contribution < 1.29 is 28.9 Å². The van der Waals surface area contributed by atoms with Crippen molar-refractivity contribution in [1.29, 1.82) is 0 Å². The zero-order valence-electron chi connectivity index (χ0n) is 16.2. The minimum absolute atomic E-state index is 0.237. The topological polar surface area (TPSA) is 94.1 Å². The molecule has 0 aromatic heterocycles. The summed E-state index contributed by atoms with van der Waals surface area (Å²) in [4.78, 5) is 23.1. The predicted octanol–water partition coefficient (Wildman–Crippen LogP) is 3.62. The van der Waals surface area contributed by atoms with Crippen LogP contribution in [0.1, 0.15) is 26.3 Å². The second kappa shape index (κ2) is 9.64. The molecule has 28 heavy (non-hydrogen) atoms. The van der Waals surface area contributed by atoms with Crippen molar-refractivity contribution in [1.82, 2.24) is 5.32 Å². The average molecular weight is 387 g/mol. The molecule has 7 heteroatoms. The maximum Gasteiger partial charge on any atom is 0.408 e. The van der Waals surface area contributed by atoms with E-state index in [0.29, 0.717) is 18.1 Å². The Balaban J connectivity index is 1.84. The van der Waals surface area contributed by atoms with Gasteiger partial charge in [-0.25, -0.2) is 9.59 Å². The number of benzene rings is 2. The fourth-order valence-corrected chi connectivity index (χ4v) is 2.18. The van der Waals surface area contributed by atoms with Crippen LogP contribution >= 0.6 is 0 Å². The van der Waals surface area contributed by atoms with Crippen LogP contribution in [0.25, 0.3) is 0 Å².